The Morgan fingerprint density at radius 3 is 2.14 bits per heavy atom. The van der Waals surface area contributed by atoms with Crippen LogP contribution in [0, 0.1) is 0 Å². The Balaban J connectivity index is 2.03. The number of halogens is 4. The lowest BCUT2D eigenvalue weighted by atomic mass is 10.1. The molecule has 0 saturated carbocycles. The van der Waals surface area contributed by atoms with Crippen molar-refractivity contribution in [3.8, 4) is 11.5 Å². The third kappa shape index (κ3) is 8.20. The fourth-order valence-corrected chi connectivity index (χ4v) is 3.85. The average Bonchev–Trinajstić information content (AvgIpc) is 2.76. The molecule has 0 radical (unpaired) electrons. The van der Waals surface area contributed by atoms with E-state index in [0.717, 1.165) is 19.2 Å². The van der Waals surface area contributed by atoms with Crippen molar-refractivity contribution in [1.82, 2.24) is 4.31 Å². The number of sulfonamides is 1. The number of alkyl halides is 4. The Labute approximate surface area is 202 Å². The number of nitrogens with one attached hydrogen (secondary N) is 1. The first-order valence-corrected chi connectivity index (χ1v) is 11.3. The van der Waals surface area contributed by atoms with Gasteiger partial charge in [0.05, 0.1) is 10.5 Å². The van der Waals surface area contributed by atoms with Crippen molar-refractivity contribution in [2.45, 2.75) is 25.0 Å². The first-order chi connectivity index (χ1) is 16.8. The average molecular weight is 536 g/mol. The Bertz CT molecular complexity index is 1210. The highest BCUT2D eigenvalue weighted by molar-refractivity contribution is 7.89. The normalized spacial score (nSPS) is 11.5. The van der Waals surface area contributed by atoms with Crippen LogP contribution in [0.5, 0.6) is 11.5 Å². The number of rotatable bonds is 12. The van der Waals surface area contributed by atoms with Crippen molar-refractivity contribution in [2.24, 2.45) is 0 Å². The minimum atomic E-state index is -4.15. The molecule has 0 aliphatic carbocycles. The number of nitrogens with zero attached hydrogens (tertiary/aromatic N) is 1. The van der Waals surface area contributed by atoms with Gasteiger partial charge in [-0.3, -0.25) is 14.4 Å². The molecule has 1 amide bonds. The standard InChI is InChI=1S/C21H20F4N2O8S/c1-12(28)26-13-3-6-15(7-4-13)36(31,32)27(2)10-19(30)33-11-17(29)16-8-5-14(34-20(22)23)9-18(16)35-21(24)25/h3-9,20-21H,10-11H2,1-2H3,(H,26,28). The number of carbonyl (C=O) groups is 3. The van der Waals surface area contributed by atoms with E-state index in [1.54, 1.807) is 0 Å². The van der Waals surface area contributed by atoms with Crippen molar-refractivity contribution in [3.05, 3.63) is 48.0 Å². The van der Waals surface area contributed by atoms with Gasteiger partial charge in [0, 0.05) is 25.7 Å². The van der Waals surface area contributed by atoms with Crippen LogP contribution in [-0.2, 0) is 24.3 Å². The minimum absolute atomic E-state index is 0.192. The van der Waals surface area contributed by atoms with E-state index < -0.39 is 65.2 Å². The van der Waals surface area contributed by atoms with E-state index in [1.165, 1.54) is 31.2 Å². The maximum atomic E-state index is 12.7. The highest BCUT2D eigenvalue weighted by Gasteiger charge is 2.25. The SMILES string of the molecule is CC(=O)Nc1ccc(S(=O)(=O)N(C)CC(=O)OCC(=O)c2ccc(OC(F)F)cc2OC(F)F)cc1. The molecule has 15 heteroatoms. The van der Waals surface area contributed by atoms with Gasteiger partial charge in [-0.25, -0.2) is 8.42 Å². The topological polar surface area (TPSA) is 128 Å². The second-order valence-electron chi connectivity index (χ2n) is 6.97. The summed E-state index contributed by atoms with van der Waals surface area (Å²) in [7, 11) is -3.07. The van der Waals surface area contributed by atoms with Crippen LogP contribution < -0.4 is 14.8 Å². The monoisotopic (exact) mass is 536 g/mol. The van der Waals surface area contributed by atoms with E-state index >= 15 is 0 Å². The van der Waals surface area contributed by atoms with Gasteiger partial charge in [-0.15, -0.1) is 0 Å². The summed E-state index contributed by atoms with van der Waals surface area (Å²) in [6, 6.07) is 7.51. The first kappa shape index (κ1) is 28.5. The van der Waals surface area contributed by atoms with Gasteiger partial charge in [-0.1, -0.05) is 0 Å². The molecular weight excluding hydrogens is 516 g/mol. The van der Waals surface area contributed by atoms with Gasteiger partial charge in [-0.2, -0.15) is 21.9 Å². The van der Waals surface area contributed by atoms with E-state index in [0.29, 0.717) is 16.1 Å². The molecule has 0 aliphatic heterocycles. The Morgan fingerprint density at radius 1 is 0.972 bits per heavy atom. The zero-order valence-corrected chi connectivity index (χ0v) is 19.6. The fraction of sp³-hybridized carbons (Fsp3) is 0.286. The summed E-state index contributed by atoms with van der Waals surface area (Å²) in [4.78, 5) is 35.3. The van der Waals surface area contributed by atoms with E-state index in [9.17, 15) is 40.4 Å². The molecule has 0 aliphatic rings. The third-order valence-corrected chi connectivity index (χ3v) is 6.11. The number of Topliss-reactive ketones (excluding diaryl/α,β-unsaturated/α-hetero) is 1. The largest absolute Gasteiger partial charge is 0.456 e. The fourth-order valence-electron chi connectivity index (χ4n) is 2.73. The van der Waals surface area contributed by atoms with Crippen LogP contribution in [-0.4, -0.2) is 63.8 Å². The number of hydrogen-bond donors (Lipinski definition) is 1. The van der Waals surface area contributed by atoms with Gasteiger partial charge < -0.3 is 19.5 Å². The van der Waals surface area contributed by atoms with Crippen LogP contribution in [0.15, 0.2) is 47.4 Å². The van der Waals surface area contributed by atoms with Crippen LogP contribution in [0.4, 0.5) is 23.2 Å². The smallest absolute Gasteiger partial charge is 0.387 e. The molecule has 0 unspecified atom stereocenters. The summed E-state index contributed by atoms with van der Waals surface area (Å²) >= 11 is 0. The van der Waals surface area contributed by atoms with E-state index in [4.69, 9.17) is 4.74 Å². The number of carbonyl (C=O) groups excluding carboxylic acids is 3. The predicted octanol–water partition coefficient (Wildman–Crippen LogP) is 2.89. The highest BCUT2D eigenvalue weighted by atomic mass is 32.2. The number of ketones is 1. The van der Waals surface area contributed by atoms with Gasteiger partial charge >= 0.3 is 19.2 Å². The molecule has 36 heavy (non-hydrogen) atoms. The molecule has 196 valence electrons. The zero-order chi connectivity index (χ0) is 27.0. The molecule has 0 fully saturated rings. The number of hydrogen-bond acceptors (Lipinski definition) is 8. The van der Waals surface area contributed by atoms with Gasteiger partial charge in [-0.05, 0) is 36.4 Å². The van der Waals surface area contributed by atoms with E-state index in [2.05, 4.69) is 14.8 Å². The summed E-state index contributed by atoms with van der Waals surface area (Å²) in [6.45, 7) is -7.15. The van der Waals surface area contributed by atoms with E-state index in [1.807, 2.05) is 0 Å². The quantitative estimate of drug-likeness (QED) is 0.249. The molecule has 2 aromatic carbocycles. The van der Waals surface area contributed by atoms with E-state index in [-0.39, 0.29) is 10.8 Å². The number of anilines is 1. The maximum absolute atomic E-state index is 12.7. The molecule has 2 aromatic rings. The van der Waals surface area contributed by atoms with Crippen molar-refractivity contribution in [2.75, 3.05) is 25.5 Å². The maximum Gasteiger partial charge on any atom is 0.387 e. The molecule has 10 nitrogen and oxygen atoms in total. The van der Waals surface area contributed by atoms with Crippen LogP contribution in [0.3, 0.4) is 0 Å². The molecule has 0 heterocycles. The van der Waals surface area contributed by atoms with Crippen LogP contribution in [0.2, 0.25) is 0 Å². The highest BCUT2D eigenvalue weighted by Crippen LogP contribution is 2.28. The summed E-state index contributed by atoms with van der Waals surface area (Å²) in [6.07, 6.45) is 0. The molecule has 0 spiro atoms. The van der Waals surface area contributed by atoms with Crippen molar-refractivity contribution >= 4 is 33.4 Å². The molecule has 0 saturated heterocycles. The van der Waals surface area contributed by atoms with Crippen molar-refractivity contribution < 1.29 is 54.6 Å². The summed E-state index contributed by atoms with van der Waals surface area (Å²) in [5.41, 5.74) is -0.157. The molecule has 0 atom stereocenters. The van der Waals surface area contributed by atoms with Crippen molar-refractivity contribution in [3.63, 3.8) is 0 Å². The Hall–Kier alpha value is -3.72. The number of likely N-dealkylation sites (N-methyl/N-ethyl adjacent to an activating group) is 1. The summed E-state index contributed by atoms with van der Waals surface area (Å²) < 4.78 is 88.9. The second-order valence-corrected chi connectivity index (χ2v) is 9.01. The summed E-state index contributed by atoms with van der Waals surface area (Å²) in [5.74, 6) is -3.86. The molecular formula is C21H20F4N2O8S. The molecule has 0 aromatic heterocycles. The lowest BCUT2D eigenvalue weighted by Crippen LogP contribution is -2.33. The van der Waals surface area contributed by atoms with Crippen LogP contribution in [0.1, 0.15) is 17.3 Å². The van der Waals surface area contributed by atoms with Gasteiger partial charge in [0.25, 0.3) is 0 Å². The molecule has 2 rings (SSSR count). The lowest BCUT2D eigenvalue weighted by molar-refractivity contribution is -0.142. The Kier molecular flexibility index (Phi) is 9.75. The number of amides is 1. The molecule has 0 bridgehead atoms. The zero-order valence-electron chi connectivity index (χ0n) is 18.7. The van der Waals surface area contributed by atoms with Gasteiger partial charge in [0.15, 0.2) is 6.61 Å². The predicted molar refractivity (Wildman–Crippen MR) is 116 cm³/mol. The number of ether oxygens (including phenoxy) is 3. The lowest BCUT2D eigenvalue weighted by Gasteiger charge is -2.17. The summed E-state index contributed by atoms with van der Waals surface area (Å²) in [5, 5.41) is 2.47. The number of benzene rings is 2. The van der Waals surface area contributed by atoms with Gasteiger partial charge in [0.2, 0.25) is 21.7 Å². The van der Waals surface area contributed by atoms with Crippen LogP contribution in [0.25, 0.3) is 0 Å². The minimum Gasteiger partial charge on any atom is -0.456 e. The second kappa shape index (κ2) is 12.3. The van der Waals surface area contributed by atoms with Gasteiger partial charge in [0.1, 0.15) is 18.0 Å². The third-order valence-electron chi connectivity index (χ3n) is 4.29. The first-order valence-electron chi connectivity index (χ1n) is 9.86. The molecule has 1 N–H and O–H groups in total. The van der Waals surface area contributed by atoms with Crippen molar-refractivity contribution in [1.29, 1.82) is 0 Å². The van der Waals surface area contributed by atoms with Crippen LogP contribution >= 0.6 is 0 Å². The Morgan fingerprint density at radius 2 is 1.58 bits per heavy atom. The number of esters is 1.